The van der Waals surface area contributed by atoms with Gasteiger partial charge in [0.15, 0.2) is 11.6 Å². The van der Waals surface area contributed by atoms with Crippen LogP contribution in [0.4, 0.5) is 8.78 Å². The molecule has 0 saturated heterocycles. The van der Waals surface area contributed by atoms with Crippen molar-refractivity contribution in [2.45, 2.75) is 37.5 Å². The number of halogens is 3. The van der Waals surface area contributed by atoms with E-state index in [1.165, 1.54) is 12.8 Å². The SMILES string of the molecule is Fc1cccc(CCCC(Cl)C2CC2)c1F. The van der Waals surface area contributed by atoms with E-state index in [9.17, 15) is 8.78 Å². The van der Waals surface area contributed by atoms with Crippen molar-refractivity contribution in [1.82, 2.24) is 0 Å². The van der Waals surface area contributed by atoms with Gasteiger partial charge in [0.2, 0.25) is 0 Å². The molecule has 1 aromatic carbocycles. The maximum absolute atomic E-state index is 13.3. The van der Waals surface area contributed by atoms with Crippen LogP contribution in [0.1, 0.15) is 31.2 Å². The highest BCUT2D eigenvalue weighted by Crippen LogP contribution is 2.37. The van der Waals surface area contributed by atoms with Crippen LogP contribution >= 0.6 is 11.6 Å². The van der Waals surface area contributed by atoms with Crippen LogP contribution in [-0.4, -0.2) is 5.38 Å². The van der Waals surface area contributed by atoms with Crippen molar-refractivity contribution in [3.63, 3.8) is 0 Å². The van der Waals surface area contributed by atoms with Gasteiger partial charge in [0.1, 0.15) is 0 Å². The molecule has 3 heteroatoms. The second-order valence-corrected chi connectivity index (χ2v) is 5.02. The number of hydrogen-bond acceptors (Lipinski definition) is 0. The number of benzene rings is 1. The van der Waals surface area contributed by atoms with E-state index in [0.29, 0.717) is 17.9 Å². The van der Waals surface area contributed by atoms with E-state index in [1.54, 1.807) is 12.1 Å². The first-order valence-corrected chi connectivity index (χ1v) is 6.19. The molecule has 1 aromatic rings. The molecule has 0 nitrogen and oxygen atoms in total. The van der Waals surface area contributed by atoms with Crippen molar-refractivity contribution >= 4 is 11.6 Å². The van der Waals surface area contributed by atoms with Crippen molar-refractivity contribution in [2.75, 3.05) is 0 Å². The van der Waals surface area contributed by atoms with Crippen LogP contribution < -0.4 is 0 Å². The van der Waals surface area contributed by atoms with Gasteiger partial charge >= 0.3 is 0 Å². The van der Waals surface area contributed by atoms with Gasteiger partial charge < -0.3 is 0 Å². The van der Waals surface area contributed by atoms with E-state index in [0.717, 1.165) is 18.9 Å². The summed E-state index contributed by atoms with van der Waals surface area (Å²) in [5.74, 6) is -0.804. The molecule has 0 aromatic heterocycles. The molecule has 88 valence electrons. The summed E-state index contributed by atoms with van der Waals surface area (Å²) in [5.41, 5.74) is 0.458. The zero-order valence-electron chi connectivity index (χ0n) is 9.06. The van der Waals surface area contributed by atoms with Crippen LogP contribution in [0.2, 0.25) is 0 Å². The van der Waals surface area contributed by atoms with Gasteiger partial charge in [-0.05, 0) is 49.7 Å². The fraction of sp³-hybridized carbons (Fsp3) is 0.538. The van der Waals surface area contributed by atoms with Gasteiger partial charge in [0, 0.05) is 5.38 Å². The lowest BCUT2D eigenvalue weighted by Gasteiger charge is -2.08. The molecule has 1 aliphatic carbocycles. The summed E-state index contributed by atoms with van der Waals surface area (Å²) in [7, 11) is 0. The third-order valence-corrected chi connectivity index (χ3v) is 3.67. The fourth-order valence-electron chi connectivity index (χ4n) is 1.92. The summed E-state index contributed by atoms with van der Waals surface area (Å²) < 4.78 is 26.2. The highest BCUT2D eigenvalue weighted by molar-refractivity contribution is 6.20. The minimum absolute atomic E-state index is 0.219. The Balaban J connectivity index is 1.82. The lowest BCUT2D eigenvalue weighted by molar-refractivity contribution is 0.495. The van der Waals surface area contributed by atoms with E-state index < -0.39 is 11.6 Å². The van der Waals surface area contributed by atoms with Crippen LogP contribution in [0, 0.1) is 17.6 Å². The molecule has 0 spiro atoms. The molecule has 0 radical (unpaired) electrons. The maximum atomic E-state index is 13.3. The van der Waals surface area contributed by atoms with Gasteiger partial charge in [-0.25, -0.2) is 8.78 Å². The van der Waals surface area contributed by atoms with Crippen LogP contribution in [0.5, 0.6) is 0 Å². The Morgan fingerprint density at radius 3 is 2.75 bits per heavy atom. The van der Waals surface area contributed by atoms with Crippen LogP contribution in [0.15, 0.2) is 18.2 Å². The molecule has 0 amide bonds. The minimum atomic E-state index is -0.762. The van der Waals surface area contributed by atoms with Gasteiger partial charge in [-0.2, -0.15) is 0 Å². The molecule has 0 heterocycles. The second-order valence-electron chi connectivity index (χ2n) is 4.46. The normalized spacial score (nSPS) is 17.4. The van der Waals surface area contributed by atoms with Crippen molar-refractivity contribution in [3.8, 4) is 0 Å². The third kappa shape index (κ3) is 2.94. The summed E-state index contributed by atoms with van der Waals surface area (Å²) in [6.07, 6.45) is 4.73. The van der Waals surface area contributed by atoms with Crippen molar-refractivity contribution in [3.05, 3.63) is 35.4 Å². The Bertz CT molecular complexity index is 361. The Morgan fingerprint density at radius 1 is 1.31 bits per heavy atom. The molecule has 1 unspecified atom stereocenters. The van der Waals surface area contributed by atoms with Crippen molar-refractivity contribution < 1.29 is 8.78 Å². The molecule has 0 bridgehead atoms. The summed E-state index contributed by atoms with van der Waals surface area (Å²) in [4.78, 5) is 0. The summed E-state index contributed by atoms with van der Waals surface area (Å²) in [6, 6.07) is 4.33. The number of alkyl halides is 1. The topological polar surface area (TPSA) is 0 Å². The molecule has 1 fully saturated rings. The zero-order valence-corrected chi connectivity index (χ0v) is 9.81. The first-order chi connectivity index (χ1) is 7.68. The lowest BCUT2D eigenvalue weighted by Crippen LogP contribution is -2.02. The molecule has 1 atom stereocenters. The molecule has 2 rings (SSSR count). The van der Waals surface area contributed by atoms with Crippen molar-refractivity contribution in [2.24, 2.45) is 5.92 Å². The zero-order chi connectivity index (χ0) is 11.5. The van der Waals surface area contributed by atoms with Gasteiger partial charge in [-0.3, -0.25) is 0 Å². The Labute approximate surface area is 99.6 Å². The van der Waals surface area contributed by atoms with Crippen LogP contribution in [-0.2, 0) is 6.42 Å². The molecule has 16 heavy (non-hydrogen) atoms. The highest BCUT2D eigenvalue weighted by atomic mass is 35.5. The number of aryl methyl sites for hydroxylation is 1. The summed E-state index contributed by atoms with van der Waals surface area (Å²) in [5, 5.41) is 0.219. The second kappa shape index (κ2) is 5.13. The van der Waals surface area contributed by atoms with Crippen molar-refractivity contribution in [1.29, 1.82) is 0 Å². The first kappa shape index (κ1) is 11.8. The quantitative estimate of drug-likeness (QED) is 0.678. The maximum Gasteiger partial charge on any atom is 0.162 e. The van der Waals surface area contributed by atoms with Gasteiger partial charge in [0.05, 0.1) is 0 Å². The predicted molar refractivity (Wildman–Crippen MR) is 61.7 cm³/mol. The Hall–Kier alpha value is -0.630. The predicted octanol–water partition coefficient (Wildman–Crippen LogP) is 4.30. The Kier molecular flexibility index (Phi) is 3.80. The van der Waals surface area contributed by atoms with Crippen LogP contribution in [0.25, 0.3) is 0 Å². The first-order valence-electron chi connectivity index (χ1n) is 5.75. The monoisotopic (exact) mass is 244 g/mol. The fourth-order valence-corrected chi connectivity index (χ4v) is 2.33. The van der Waals surface area contributed by atoms with E-state index in [1.807, 2.05) is 0 Å². The lowest BCUT2D eigenvalue weighted by atomic mass is 10.0. The highest BCUT2D eigenvalue weighted by Gasteiger charge is 2.29. The number of hydrogen-bond donors (Lipinski definition) is 0. The van der Waals surface area contributed by atoms with Gasteiger partial charge in [0.25, 0.3) is 0 Å². The average molecular weight is 245 g/mol. The largest absolute Gasteiger partial charge is 0.204 e. The summed E-state index contributed by atoms with van der Waals surface area (Å²) in [6.45, 7) is 0. The molecule has 0 aliphatic heterocycles. The molecule has 1 aliphatic rings. The smallest absolute Gasteiger partial charge is 0.162 e. The van der Waals surface area contributed by atoms with E-state index >= 15 is 0 Å². The average Bonchev–Trinajstić information content (AvgIpc) is 3.07. The summed E-state index contributed by atoms with van der Waals surface area (Å²) >= 11 is 6.15. The van der Waals surface area contributed by atoms with E-state index in [2.05, 4.69) is 0 Å². The molecule has 0 N–H and O–H groups in total. The third-order valence-electron chi connectivity index (χ3n) is 3.09. The van der Waals surface area contributed by atoms with E-state index in [4.69, 9.17) is 11.6 Å². The standard InChI is InChI=1S/C13H15ClF2/c14-11(9-7-8-9)5-1-3-10-4-2-6-12(15)13(10)16/h2,4,6,9,11H,1,3,5,7-8H2. The number of rotatable bonds is 5. The van der Waals surface area contributed by atoms with E-state index in [-0.39, 0.29) is 5.38 Å². The van der Waals surface area contributed by atoms with Gasteiger partial charge in [-0.15, -0.1) is 11.6 Å². The minimum Gasteiger partial charge on any atom is -0.204 e. The molecule has 1 saturated carbocycles. The molecular weight excluding hydrogens is 230 g/mol. The molecular formula is C13H15ClF2. The van der Waals surface area contributed by atoms with Crippen LogP contribution in [0.3, 0.4) is 0 Å². The Morgan fingerprint density at radius 2 is 2.06 bits per heavy atom. The van der Waals surface area contributed by atoms with Gasteiger partial charge in [-0.1, -0.05) is 12.1 Å².